The topological polar surface area (TPSA) is 0 Å². The first-order valence-corrected chi connectivity index (χ1v) is 8.12. The summed E-state index contributed by atoms with van der Waals surface area (Å²) in [7, 11) is 0.463. The Morgan fingerprint density at radius 3 is 1.18 bits per heavy atom. The van der Waals surface area contributed by atoms with Crippen molar-refractivity contribution in [2.45, 2.75) is 57.3 Å². The van der Waals surface area contributed by atoms with Crippen LogP contribution in [0, 0.1) is 0 Å². The zero-order valence-corrected chi connectivity index (χ0v) is 11.9. The van der Waals surface area contributed by atoms with Gasteiger partial charge in [-0.15, -0.1) is 0 Å². The molecule has 0 nitrogen and oxygen atoms in total. The molecule has 11 heavy (non-hydrogen) atoms. The van der Waals surface area contributed by atoms with Crippen LogP contribution in [0.1, 0.15) is 41.5 Å². The van der Waals surface area contributed by atoms with E-state index in [9.17, 15) is 0 Å². The molecule has 0 aromatic heterocycles. The van der Waals surface area contributed by atoms with Crippen LogP contribution >= 0.6 is 0 Å². The molecule has 0 amide bonds. The Morgan fingerprint density at radius 2 is 1.00 bits per heavy atom. The van der Waals surface area contributed by atoms with E-state index in [1.807, 2.05) is 0 Å². The van der Waals surface area contributed by atoms with Crippen molar-refractivity contribution in [1.82, 2.24) is 0 Å². The van der Waals surface area contributed by atoms with Gasteiger partial charge in [0.25, 0.3) is 0 Å². The van der Waals surface area contributed by atoms with Crippen molar-refractivity contribution < 1.29 is 0 Å². The minimum absolute atomic E-state index is 0.232. The summed E-state index contributed by atoms with van der Waals surface area (Å²) in [5.41, 5.74) is 1.65. The molecule has 0 saturated heterocycles. The second-order valence-corrected chi connectivity index (χ2v) is 14.0. The molecule has 0 rings (SSSR count). The molecular formula is C9H24Si2. The predicted molar refractivity (Wildman–Crippen MR) is 61.3 cm³/mol. The third kappa shape index (κ3) is 10.4. The fourth-order valence-electron chi connectivity index (χ4n) is 1.15. The zero-order chi connectivity index (χ0) is 9.12. The molecule has 0 radical (unpaired) electrons. The van der Waals surface area contributed by atoms with E-state index in [2.05, 4.69) is 41.5 Å². The summed E-state index contributed by atoms with van der Waals surface area (Å²) in [6.07, 6.45) is 0. The van der Waals surface area contributed by atoms with Gasteiger partial charge in [0.1, 0.15) is 0 Å². The van der Waals surface area contributed by atoms with Crippen molar-refractivity contribution in [3.05, 3.63) is 0 Å². The SMILES string of the molecule is CC(C)(C)[SiH2]C[SiH2]C(C)(C)C. The second kappa shape index (κ2) is 3.90. The van der Waals surface area contributed by atoms with Crippen LogP contribution < -0.4 is 0 Å². The smallest absolute Gasteiger partial charge is 0.0229 e. The normalized spacial score (nSPS) is 15.8. The van der Waals surface area contributed by atoms with Gasteiger partial charge in [-0.05, 0) is 10.1 Å². The molecule has 0 aromatic rings. The van der Waals surface area contributed by atoms with Crippen LogP contribution in [-0.2, 0) is 0 Å². The number of hydrogen-bond donors (Lipinski definition) is 0. The highest BCUT2D eigenvalue weighted by molar-refractivity contribution is 6.59. The Bertz CT molecular complexity index is 91.7. The lowest BCUT2D eigenvalue weighted by atomic mass is 10.3. The van der Waals surface area contributed by atoms with E-state index >= 15 is 0 Å². The average molecular weight is 188 g/mol. The van der Waals surface area contributed by atoms with Gasteiger partial charge in [0.15, 0.2) is 0 Å². The molecule has 0 N–H and O–H groups in total. The fraction of sp³-hybridized carbons (Fsp3) is 1.00. The molecule has 0 aliphatic heterocycles. The van der Waals surface area contributed by atoms with Crippen LogP contribution in [0.4, 0.5) is 0 Å². The van der Waals surface area contributed by atoms with E-state index < -0.39 is 0 Å². The minimum Gasteiger partial charge on any atom is -0.0712 e. The van der Waals surface area contributed by atoms with Gasteiger partial charge in [0.2, 0.25) is 0 Å². The summed E-state index contributed by atoms with van der Waals surface area (Å²) in [5, 5.41) is 1.39. The van der Waals surface area contributed by atoms with Gasteiger partial charge in [0, 0.05) is 19.0 Å². The largest absolute Gasteiger partial charge is 0.0712 e. The Hall–Kier alpha value is 0.434. The standard InChI is InChI=1S/C9H24Si2/c1-8(2,3)10-7-11-9(4,5)6/h7,10-11H2,1-6H3. The maximum atomic E-state index is 2.40. The average Bonchev–Trinajstić information content (AvgIpc) is 1.55. The van der Waals surface area contributed by atoms with Gasteiger partial charge in [-0.3, -0.25) is 0 Å². The molecule has 0 bridgehead atoms. The molecule has 68 valence electrons. The van der Waals surface area contributed by atoms with Gasteiger partial charge in [-0.25, -0.2) is 0 Å². The molecule has 0 aliphatic carbocycles. The number of rotatable bonds is 2. The maximum Gasteiger partial charge on any atom is 0.0229 e. The highest BCUT2D eigenvalue weighted by Crippen LogP contribution is 2.26. The van der Waals surface area contributed by atoms with Crippen LogP contribution in [0.15, 0.2) is 0 Å². The summed E-state index contributed by atoms with van der Waals surface area (Å²) in [6, 6.07) is 0. The first-order chi connectivity index (χ1) is 4.71. The summed E-state index contributed by atoms with van der Waals surface area (Å²) in [6.45, 7) is 14.4. The lowest BCUT2D eigenvalue weighted by molar-refractivity contribution is 0.742. The van der Waals surface area contributed by atoms with E-state index in [4.69, 9.17) is 0 Å². The van der Waals surface area contributed by atoms with E-state index in [0.29, 0.717) is 10.1 Å². The molecule has 0 heterocycles. The Kier molecular flexibility index (Phi) is 4.05. The quantitative estimate of drug-likeness (QED) is 0.583. The first-order valence-electron chi connectivity index (χ1n) is 4.71. The van der Waals surface area contributed by atoms with Gasteiger partial charge in [-0.1, -0.05) is 47.2 Å². The van der Waals surface area contributed by atoms with Crippen LogP contribution in [0.3, 0.4) is 0 Å². The molecular weight excluding hydrogens is 164 g/mol. The highest BCUT2D eigenvalue weighted by atomic mass is 28.3. The molecule has 0 aromatic carbocycles. The zero-order valence-electron chi connectivity index (χ0n) is 9.12. The van der Waals surface area contributed by atoms with Crippen LogP contribution in [-0.4, -0.2) is 19.0 Å². The summed E-state index contributed by atoms with van der Waals surface area (Å²) < 4.78 is 0. The van der Waals surface area contributed by atoms with Gasteiger partial charge in [0.05, 0.1) is 0 Å². The van der Waals surface area contributed by atoms with E-state index in [1.54, 1.807) is 5.67 Å². The van der Waals surface area contributed by atoms with Gasteiger partial charge < -0.3 is 0 Å². The Labute approximate surface area is 76.8 Å². The van der Waals surface area contributed by atoms with Crippen molar-refractivity contribution in [1.29, 1.82) is 0 Å². The van der Waals surface area contributed by atoms with Crippen molar-refractivity contribution in [2.24, 2.45) is 0 Å². The molecule has 2 heteroatoms. The number of hydrogen-bond acceptors (Lipinski definition) is 0. The summed E-state index contributed by atoms with van der Waals surface area (Å²) >= 11 is 0. The van der Waals surface area contributed by atoms with Crippen LogP contribution in [0.2, 0.25) is 15.7 Å². The van der Waals surface area contributed by atoms with Crippen LogP contribution in [0.25, 0.3) is 0 Å². The Morgan fingerprint density at radius 1 is 0.727 bits per heavy atom. The van der Waals surface area contributed by atoms with Crippen molar-refractivity contribution in [3.63, 3.8) is 0 Å². The van der Waals surface area contributed by atoms with Gasteiger partial charge in [-0.2, -0.15) is 0 Å². The molecule has 0 atom stereocenters. The van der Waals surface area contributed by atoms with E-state index in [-0.39, 0.29) is 19.0 Å². The lowest BCUT2D eigenvalue weighted by Gasteiger charge is -2.21. The summed E-state index contributed by atoms with van der Waals surface area (Å²) in [4.78, 5) is 0. The predicted octanol–water partition coefficient (Wildman–Crippen LogP) is 2.14. The molecule has 0 spiro atoms. The summed E-state index contributed by atoms with van der Waals surface area (Å²) in [5.74, 6) is 0. The highest BCUT2D eigenvalue weighted by Gasteiger charge is 2.15. The molecule has 0 fully saturated rings. The third-order valence-electron chi connectivity index (χ3n) is 1.85. The van der Waals surface area contributed by atoms with Crippen molar-refractivity contribution in [3.8, 4) is 0 Å². The first kappa shape index (κ1) is 11.4. The molecule has 0 unspecified atom stereocenters. The van der Waals surface area contributed by atoms with Crippen molar-refractivity contribution >= 4 is 19.0 Å². The molecule has 0 aliphatic rings. The van der Waals surface area contributed by atoms with E-state index in [0.717, 1.165) is 0 Å². The molecule has 0 saturated carbocycles. The third-order valence-corrected chi connectivity index (χ3v) is 7.68. The fourth-order valence-corrected chi connectivity index (χ4v) is 10.3. The van der Waals surface area contributed by atoms with E-state index in [1.165, 1.54) is 0 Å². The monoisotopic (exact) mass is 188 g/mol. The van der Waals surface area contributed by atoms with Crippen molar-refractivity contribution in [2.75, 3.05) is 0 Å². The second-order valence-electron chi connectivity index (χ2n) is 5.97. The Balaban J connectivity index is 3.44. The van der Waals surface area contributed by atoms with Crippen LogP contribution in [0.5, 0.6) is 0 Å². The van der Waals surface area contributed by atoms with Gasteiger partial charge >= 0.3 is 0 Å². The maximum absolute atomic E-state index is 2.40. The minimum atomic E-state index is 0.232. The lowest BCUT2D eigenvalue weighted by Crippen LogP contribution is -2.16.